The van der Waals surface area contributed by atoms with Crippen molar-refractivity contribution < 1.29 is 25.5 Å². The molecule has 1 unspecified atom stereocenters. The Bertz CT molecular complexity index is 590. The molecule has 0 aliphatic rings. The van der Waals surface area contributed by atoms with Crippen LogP contribution in [-0.2, 0) is 0 Å². The van der Waals surface area contributed by atoms with Gasteiger partial charge in [0.2, 0.25) is 0 Å². The normalized spacial score (nSPS) is 17.9. The predicted octanol–water partition coefficient (Wildman–Crippen LogP) is -2.96. The van der Waals surface area contributed by atoms with Crippen LogP contribution >= 0.6 is 0 Å². The van der Waals surface area contributed by atoms with Crippen LogP contribution in [0.25, 0.3) is 11.2 Å². The number of hydrogen-bond acceptors (Lipinski definition) is 9. The van der Waals surface area contributed by atoms with Crippen LogP contribution < -0.4 is 5.73 Å². The summed E-state index contributed by atoms with van der Waals surface area (Å²) in [4.78, 5) is 14.1. The van der Waals surface area contributed by atoms with Crippen molar-refractivity contribution in [3.05, 3.63) is 12.2 Å². The van der Waals surface area contributed by atoms with E-state index in [4.69, 9.17) is 10.8 Å². The number of fused-ring (bicyclic) bond motifs is 1. The van der Waals surface area contributed by atoms with E-state index >= 15 is 0 Å². The highest BCUT2D eigenvalue weighted by molar-refractivity contribution is 5.81. The first kappa shape index (κ1) is 14.6. The Labute approximate surface area is 112 Å². The third kappa shape index (κ3) is 2.55. The van der Waals surface area contributed by atoms with Crippen molar-refractivity contribution in [2.24, 2.45) is 0 Å². The van der Waals surface area contributed by atoms with Gasteiger partial charge in [0.05, 0.1) is 6.61 Å². The van der Waals surface area contributed by atoms with Gasteiger partial charge in [-0.2, -0.15) is 0 Å². The van der Waals surface area contributed by atoms with Crippen LogP contribution in [0.3, 0.4) is 0 Å². The number of aromatic nitrogens is 4. The van der Waals surface area contributed by atoms with Gasteiger partial charge in [-0.05, 0) is 0 Å². The number of H-pyrrole nitrogens is 1. The van der Waals surface area contributed by atoms with Gasteiger partial charge in [0, 0.05) is 0 Å². The van der Waals surface area contributed by atoms with E-state index in [0.717, 1.165) is 0 Å². The fourth-order valence-corrected chi connectivity index (χ4v) is 1.69. The third-order valence-corrected chi connectivity index (χ3v) is 2.87. The summed E-state index contributed by atoms with van der Waals surface area (Å²) in [6.45, 7) is -0.760. The minimum atomic E-state index is -1.76. The van der Waals surface area contributed by atoms with Gasteiger partial charge in [-0.3, -0.25) is 0 Å². The lowest BCUT2D eigenvalue weighted by molar-refractivity contribution is -0.117. The number of nitrogen functional groups attached to an aromatic ring is 1. The molecule has 4 atom stereocenters. The molecular formula is C10H15N5O5. The molecule has 0 saturated carbocycles. The Morgan fingerprint density at radius 2 is 1.85 bits per heavy atom. The minimum absolute atomic E-state index is 0.0936. The summed E-state index contributed by atoms with van der Waals surface area (Å²) in [6.07, 6.45) is -5.53. The smallest absolute Gasteiger partial charge is 0.183 e. The second kappa shape index (κ2) is 5.64. The first-order valence-electron chi connectivity index (χ1n) is 5.75. The number of aliphatic hydroxyl groups is 5. The maximum Gasteiger partial charge on any atom is 0.183 e. The molecule has 0 fully saturated rings. The molecule has 0 aliphatic carbocycles. The van der Waals surface area contributed by atoms with Crippen molar-refractivity contribution in [3.8, 4) is 0 Å². The van der Waals surface area contributed by atoms with E-state index in [2.05, 4.69) is 19.9 Å². The molecule has 8 N–H and O–H groups in total. The first-order valence-corrected chi connectivity index (χ1v) is 5.75. The molecule has 2 aromatic heterocycles. The lowest BCUT2D eigenvalue weighted by Gasteiger charge is -2.24. The van der Waals surface area contributed by atoms with Crippen molar-refractivity contribution in [1.82, 2.24) is 19.9 Å². The maximum absolute atomic E-state index is 9.91. The first-order chi connectivity index (χ1) is 9.45. The molecule has 0 aliphatic heterocycles. The molecule has 2 rings (SSSR count). The molecule has 20 heavy (non-hydrogen) atoms. The van der Waals surface area contributed by atoms with Gasteiger partial charge >= 0.3 is 0 Å². The number of anilines is 1. The van der Waals surface area contributed by atoms with E-state index in [1.54, 1.807) is 0 Å². The Morgan fingerprint density at radius 3 is 2.45 bits per heavy atom. The Hall–Kier alpha value is -1.85. The number of aliphatic hydroxyl groups excluding tert-OH is 5. The average molecular weight is 285 g/mol. The number of rotatable bonds is 5. The molecule has 0 amide bonds. The second-order valence-corrected chi connectivity index (χ2v) is 4.26. The van der Waals surface area contributed by atoms with Gasteiger partial charge < -0.3 is 36.3 Å². The minimum Gasteiger partial charge on any atom is -0.394 e. The lowest BCUT2D eigenvalue weighted by Crippen LogP contribution is -2.42. The summed E-state index contributed by atoms with van der Waals surface area (Å²) in [7, 11) is 0. The Morgan fingerprint density at radius 1 is 1.15 bits per heavy atom. The Kier molecular flexibility index (Phi) is 4.11. The zero-order chi connectivity index (χ0) is 14.9. The second-order valence-electron chi connectivity index (χ2n) is 4.26. The lowest BCUT2D eigenvalue weighted by atomic mass is 10.0. The van der Waals surface area contributed by atoms with Crippen molar-refractivity contribution >= 4 is 17.0 Å². The van der Waals surface area contributed by atoms with Crippen LogP contribution in [0.1, 0.15) is 11.9 Å². The molecule has 2 aromatic rings. The Balaban J connectivity index is 2.26. The number of nitrogens with zero attached hydrogens (tertiary/aromatic N) is 3. The van der Waals surface area contributed by atoms with Crippen LogP contribution in [0.15, 0.2) is 6.33 Å². The highest BCUT2D eigenvalue weighted by atomic mass is 16.4. The molecule has 0 spiro atoms. The van der Waals surface area contributed by atoms with Gasteiger partial charge in [0.25, 0.3) is 0 Å². The van der Waals surface area contributed by atoms with Crippen LogP contribution in [-0.4, -0.2) is 70.4 Å². The largest absolute Gasteiger partial charge is 0.394 e. The number of imidazole rings is 1. The van der Waals surface area contributed by atoms with E-state index < -0.39 is 31.0 Å². The number of nitrogens with one attached hydrogen (secondary N) is 1. The summed E-state index contributed by atoms with van der Waals surface area (Å²) >= 11 is 0. The molecule has 2 heterocycles. The van der Waals surface area contributed by atoms with E-state index in [1.165, 1.54) is 6.33 Å². The summed E-state index contributed by atoms with van der Waals surface area (Å²) in [5.74, 6) is 0.0234. The van der Waals surface area contributed by atoms with Crippen LogP contribution in [0.5, 0.6) is 0 Å². The van der Waals surface area contributed by atoms with Gasteiger partial charge in [-0.25, -0.2) is 15.0 Å². The highest BCUT2D eigenvalue weighted by Gasteiger charge is 2.32. The van der Waals surface area contributed by atoms with Crippen LogP contribution in [0, 0.1) is 0 Å². The molecule has 0 radical (unpaired) electrons. The zero-order valence-electron chi connectivity index (χ0n) is 10.2. The number of hydrogen-bond donors (Lipinski definition) is 7. The monoisotopic (exact) mass is 285 g/mol. The van der Waals surface area contributed by atoms with Gasteiger partial charge in [0.1, 0.15) is 42.1 Å². The molecule has 0 aromatic carbocycles. The van der Waals surface area contributed by atoms with E-state index in [9.17, 15) is 20.4 Å². The van der Waals surface area contributed by atoms with Crippen LogP contribution in [0.2, 0.25) is 0 Å². The maximum atomic E-state index is 9.91. The third-order valence-electron chi connectivity index (χ3n) is 2.87. The summed E-state index contributed by atoms with van der Waals surface area (Å²) in [5.41, 5.74) is 6.06. The van der Waals surface area contributed by atoms with Gasteiger partial charge in [-0.15, -0.1) is 0 Å². The van der Waals surface area contributed by atoms with Gasteiger partial charge in [-0.1, -0.05) is 0 Å². The van der Waals surface area contributed by atoms with Crippen molar-refractivity contribution in [2.45, 2.75) is 24.4 Å². The summed E-state index contributed by atoms with van der Waals surface area (Å²) in [6, 6.07) is 0. The molecule has 10 heteroatoms. The van der Waals surface area contributed by atoms with E-state index in [-0.39, 0.29) is 22.8 Å². The van der Waals surface area contributed by atoms with Crippen molar-refractivity contribution in [1.29, 1.82) is 0 Å². The van der Waals surface area contributed by atoms with E-state index in [1.807, 2.05) is 0 Å². The summed E-state index contributed by atoms with van der Waals surface area (Å²) in [5, 5.41) is 47.1. The predicted molar refractivity (Wildman–Crippen MR) is 66.2 cm³/mol. The number of aromatic amines is 1. The zero-order valence-corrected chi connectivity index (χ0v) is 10.2. The average Bonchev–Trinajstić information content (AvgIpc) is 2.89. The van der Waals surface area contributed by atoms with Crippen molar-refractivity contribution in [3.63, 3.8) is 0 Å². The van der Waals surface area contributed by atoms with Crippen LogP contribution in [0.4, 0.5) is 5.82 Å². The molecule has 0 saturated heterocycles. The summed E-state index contributed by atoms with van der Waals surface area (Å²) < 4.78 is 0. The van der Waals surface area contributed by atoms with Crippen molar-refractivity contribution in [2.75, 3.05) is 12.3 Å². The molecule has 110 valence electrons. The fraction of sp³-hybridized carbons (Fsp3) is 0.500. The highest BCUT2D eigenvalue weighted by Crippen LogP contribution is 2.22. The standard InChI is InChI=1S/C10H15N5O5/c11-8-4-9(13-2-12-8)15-10(14-4)7(20)6(19)5(18)3(17)1-16/h2-3,5-7,16-20H,1H2,(H3,11,12,13,14,15)/t3-,5-,6-,7?/m1/s1. The quantitative estimate of drug-likeness (QED) is 0.302. The van der Waals surface area contributed by atoms with Gasteiger partial charge in [0.15, 0.2) is 11.5 Å². The SMILES string of the molecule is Nc1ncnc2nc(C(O)[C@H](O)[C@H](O)[C@H](O)CO)[nH]c12. The fourth-order valence-electron chi connectivity index (χ4n) is 1.69. The molecule has 10 nitrogen and oxygen atoms in total. The molecule has 0 bridgehead atoms. The molecular weight excluding hydrogens is 270 g/mol. The van der Waals surface area contributed by atoms with E-state index in [0.29, 0.717) is 0 Å². The topological polar surface area (TPSA) is 182 Å². The number of nitrogens with two attached hydrogens (primary N) is 1.